The van der Waals surface area contributed by atoms with E-state index in [0.717, 1.165) is 54.9 Å². The molecular formula is C29H32FNO4S. The maximum Gasteiger partial charge on any atom is 0.175 e. The van der Waals surface area contributed by atoms with Crippen molar-refractivity contribution < 1.29 is 22.7 Å². The lowest BCUT2D eigenvalue weighted by Crippen LogP contribution is -2.49. The maximum absolute atomic E-state index is 12.6. The molecule has 1 heterocycles. The van der Waals surface area contributed by atoms with Crippen LogP contribution in [0.15, 0.2) is 71.6 Å². The second kappa shape index (κ2) is 10.2. The summed E-state index contributed by atoms with van der Waals surface area (Å²) >= 11 is 0. The van der Waals surface area contributed by atoms with Crippen LogP contribution in [-0.2, 0) is 16.3 Å². The molecule has 7 heteroatoms. The first-order valence-corrected chi connectivity index (χ1v) is 14.3. The maximum atomic E-state index is 12.6. The van der Waals surface area contributed by atoms with Crippen LogP contribution >= 0.6 is 0 Å². The Labute approximate surface area is 212 Å². The Hall–Kier alpha value is -2.90. The summed E-state index contributed by atoms with van der Waals surface area (Å²) in [6, 6.07) is 21.0. The summed E-state index contributed by atoms with van der Waals surface area (Å²) in [5.74, 6) is 1.51. The van der Waals surface area contributed by atoms with Crippen LogP contribution in [0.4, 0.5) is 4.39 Å². The van der Waals surface area contributed by atoms with Crippen molar-refractivity contribution in [1.29, 1.82) is 0 Å². The highest BCUT2D eigenvalue weighted by Crippen LogP contribution is 2.47. The van der Waals surface area contributed by atoms with Crippen LogP contribution in [0.5, 0.6) is 11.5 Å². The van der Waals surface area contributed by atoms with Crippen LogP contribution in [0.1, 0.15) is 40.5 Å². The fraction of sp³-hybridized carbons (Fsp3) is 0.379. The molecule has 0 saturated carbocycles. The van der Waals surface area contributed by atoms with Gasteiger partial charge in [-0.3, -0.25) is 9.29 Å². The lowest BCUT2D eigenvalue weighted by molar-refractivity contribution is 0.0668. The molecule has 0 amide bonds. The Balaban J connectivity index is 1.37. The van der Waals surface area contributed by atoms with E-state index in [1.807, 2.05) is 36.4 Å². The van der Waals surface area contributed by atoms with Crippen LogP contribution in [0.2, 0.25) is 0 Å². The molecule has 0 radical (unpaired) electrons. The molecule has 5 nitrogen and oxygen atoms in total. The van der Waals surface area contributed by atoms with Gasteiger partial charge in [-0.1, -0.05) is 30.3 Å². The number of sulfone groups is 1. The highest BCUT2D eigenvalue weighted by atomic mass is 32.2. The van der Waals surface area contributed by atoms with Gasteiger partial charge >= 0.3 is 0 Å². The van der Waals surface area contributed by atoms with Gasteiger partial charge in [-0.05, 0) is 77.4 Å². The molecule has 3 aromatic rings. The number of ether oxygens (including phenoxy) is 1. The number of aromatic hydroxyl groups is 1. The van der Waals surface area contributed by atoms with Crippen LogP contribution in [0.3, 0.4) is 0 Å². The number of phenols is 1. The largest absolute Gasteiger partial charge is 0.508 e. The number of halogens is 1. The molecule has 5 rings (SSSR count). The van der Waals surface area contributed by atoms with Gasteiger partial charge in [0.05, 0.1) is 11.6 Å². The number of nitrogens with zero attached hydrogens (tertiary/aromatic N) is 1. The van der Waals surface area contributed by atoms with Gasteiger partial charge in [0, 0.05) is 37.7 Å². The van der Waals surface area contributed by atoms with Crippen LogP contribution in [0, 0.1) is 5.92 Å². The Morgan fingerprint density at radius 1 is 1.00 bits per heavy atom. The number of fused-ring (bicyclic) bond motifs is 1. The summed E-state index contributed by atoms with van der Waals surface area (Å²) < 4.78 is 42.4. The second-order valence-electron chi connectivity index (χ2n) is 10.0. The van der Waals surface area contributed by atoms with Crippen molar-refractivity contribution in [3.8, 4) is 11.5 Å². The first-order chi connectivity index (χ1) is 17.3. The van der Waals surface area contributed by atoms with E-state index in [1.54, 1.807) is 18.2 Å². The molecule has 36 heavy (non-hydrogen) atoms. The van der Waals surface area contributed by atoms with Gasteiger partial charge in [-0.15, -0.1) is 0 Å². The summed E-state index contributed by atoms with van der Waals surface area (Å²) in [5, 5.41) is 10.0. The monoisotopic (exact) mass is 509 g/mol. The van der Waals surface area contributed by atoms with E-state index in [9.17, 15) is 17.9 Å². The molecule has 2 atom stereocenters. The van der Waals surface area contributed by atoms with Gasteiger partial charge < -0.3 is 9.84 Å². The minimum atomic E-state index is -3.25. The van der Waals surface area contributed by atoms with Crippen molar-refractivity contribution in [2.75, 3.05) is 39.2 Å². The second-order valence-corrected chi connectivity index (χ2v) is 12.1. The Morgan fingerprint density at radius 2 is 1.69 bits per heavy atom. The van der Waals surface area contributed by atoms with Crippen LogP contribution in [0.25, 0.3) is 0 Å². The van der Waals surface area contributed by atoms with Crippen LogP contribution in [-0.4, -0.2) is 57.6 Å². The van der Waals surface area contributed by atoms with Crippen molar-refractivity contribution in [1.82, 2.24) is 4.90 Å². The van der Waals surface area contributed by atoms with Crippen molar-refractivity contribution >= 4 is 9.84 Å². The molecule has 0 bridgehead atoms. The van der Waals surface area contributed by atoms with E-state index in [0.29, 0.717) is 11.5 Å². The lowest BCUT2D eigenvalue weighted by Gasteiger charge is -2.37. The number of hydrogen-bond donors (Lipinski definition) is 1. The smallest absolute Gasteiger partial charge is 0.175 e. The molecule has 1 fully saturated rings. The van der Waals surface area contributed by atoms with Crippen molar-refractivity contribution in [3.63, 3.8) is 0 Å². The Bertz CT molecular complexity index is 1300. The zero-order valence-electron chi connectivity index (χ0n) is 20.4. The Kier molecular flexibility index (Phi) is 7.04. The molecule has 1 aliphatic carbocycles. The van der Waals surface area contributed by atoms with E-state index in [-0.39, 0.29) is 30.2 Å². The topological polar surface area (TPSA) is 66.8 Å². The van der Waals surface area contributed by atoms with Gasteiger partial charge in [-0.25, -0.2) is 8.42 Å². The molecule has 1 saturated heterocycles. The third-order valence-electron chi connectivity index (χ3n) is 7.49. The third-order valence-corrected chi connectivity index (χ3v) is 8.62. The molecule has 2 aliphatic rings. The fourth-order valence-corrected chi connectivity index (χ4v) is 6.19. The van der Waals surface area contributed by atoms with E-state index in [2.05, 4.69) is 17.0 Å². The van der Waals surface area contributed by atoms with Gasteiger partial charge in [0.15, 0.2) is 9.84 Å². The number of alkyl halides is 1. The molecule has 0 unspecified atom stereocenters. The number of rotatable bonds is 8. The standard InChI is InChI=1S/C29H32FNO4S/c1-36(33,34)26-10-4-21(5-11-26)27-12-6-23-16-24(32)7-13-28(23)29(27)22-2-8-25(9-3-22)35-15-14-31-18-20(17-30)19-31/h2-5,7-11,13,16,20,27,29,32H,6,12,14-15,17-19H2,1H3/t27-,29+/m1/s1. The molecule has 3 aromatic carbocycles. The highest BCUT2D eigenvalue weighted by Gasteiger charge is 2.32. The fourth-order valence-electron chi connectivity index (χ4n) is 5.56. The summed E-state index contributed by atoms with van der Waals surface area (Å²) in [6.45, 7) is 2.73. The quantitative estimate of drug-likeness (QED) is 0.466. The number of likely N-dealkylation sites (tertiary alicyclic amines) is 1. The van der Waals surface area contributed by atoms with E-state index >= 15 is 0 Å². The van der Waals surface area contributed by atoms with Gasteiger partial charge in [0.1, 0.15) is 18.1 Å². The van der Waals surface area contributed by atoms with Crippen molar-refractivity contribution in [3.05, 3.63) is 89.0 Å². The van der Waals surface area contributed by atoms with Crippen LogP contribution < -0.4 is 4.74 Å². The number of benzene rings is 3. The molecule has 0 aromatic heterocycles. The average Bonchev–Trinajstić information content (AvgIpc) is 2.84. The normalized spacial score (nSPS) is 20.5. The lowest BCUT2D eigenvalue weighted by atomic mass is 9.69. The molecule has 0 spiro atoms. The number of phenolic OH excluding ortho intramolecular Hbond substituents is 1. The van der Waals surface area contributed by atoms with E-state index in [1.165, 1.54) is 11.8 Å². The minimum Gasteiger partial charge on any atom is -0.508 e. The minimum absolute atomic E-state index is 0.0752. The number of aryl methyl sites for hydroxylation is 1. The summed E-state index contributed by atoms with van der Waals surface area (Å²) in [4.78, 5) is 2.52. The summed E-state index contributed by atoms with van der Waals surface area (Å²) in [5.41, 5.74) is 4.59. The summed E-state index contributed by atoms with van der Waals surface area (Å²) in [6.07, 6.45) is 2.97. The van der Waals surface area contributed by atoms with Crippen molar-refractivity contribution in [2.24, 2.45) is 5.92 Å². The SMILES string of the molecule is CS(=O)(=O)c1ccc([C@H]2CCc3cc(O)ccc3[C@H]2c2ccc(OCCN3CC(CF)C3)cc2)cc1. The first-order valence-electron chi connectivity index (χ1n) is 12.4. The van der Waals surface area contributed by atoms with Gasteiger partial charge in [-0.2, -0.15) is 0 Å². The number of hydrogen-bond acceptors (Lipinski definition) is 5. The molecule has 190 valence electrons. The first kappa shape index (κ1) is 24.8. The molecule has 1 aliphatic heterocycles. The zero-order valence-corrected chi connectivity index (χ0v) is 21.3. The summed E-state index contributed by atoms with van der Waals surface area (Å²) in [7, 11) is -3.25. The van der Waals surface area contributed by atoms with E-state index in [4.69, 9.17) is 4.74 Å². The Morgan fingerprint density at radius 3 is 2.36 bits per heavy atom. The third kappa shape index (κ3) is 5.27. The molecular weight excluding hydrogens is 477 g/mol. The highest BCUT2D eigenvalue weighted by molar-refractivity contribution is 7.90. The average molecular weight is 510 g/mol. The predicted octanol–water partition coefficient (Wildman–Crippen LogP) is 4.94. The van der Waals surface area contributed by atoms with Crippen molar-refractivity contribution in [2.45, 2.75) is 29.6 Å². The van der Waals surface area contributed by atoms with E-state index < -0.39 is 9.84 Å². The van der Waals surface area contributed by atoms with Gasteiger partial charge in [0.25, 0.3) is 0 Å². The predicted molar refractivity (Wildman–Crippen MR) is 138 cm³/mol. The zero-order chi connectivity index (χ0) is 25.3. The molecule has 1 N–H and O–H groups in total. The van der Waals surface area contributed by atoms with Gasteiger partial charge in [0.2, 0.25) is 0 Å².